The third-order valence-corrected chi connectivity index (χ3v) is 17.2. The number of hydrogen-bond donors (Lipinski definition) is 3. The fraction of sp³-hybridized carbons (Fsp3) is 0.439. The number of ether oxygens (including phenoxy) is 1. The fourth-order valence-corrected chi connectivity index (χ4v) is 12.8. The number of anilines is 2. The van der Waals surface area contributed by atoms with Gasteiger partial charge in [0.2, 0.25) is 5.91 Å². The van der Waals surface area contributed by atoms with E-state index in [1.807, 2.05) is 24.3 Å². The SMILES string of the molecule is C=CC(=O)N1CCN(c2nc(OC[C@@H]3C[C@H](N4CCC5(CCN(Cc6ccc(-n7c(O)nnc7-c7cc(C)c(O)cc7O)cc6)CC5)CC4)CN3C)nc3c2CCN(c2cccc4cccc(Cl)c24)C3)C[C@@H]1CC#N. The van der Waals surface area contributed by atoms with Gasteiger partial charge in [0.1, 0.15) is 23.9 Å². The van der Waals surface area contributed by atoms with Crippen LogP contribution in [0.25, 0.3) is 27.8 Å². The number of benzene rings is 4. The number of aromatic hydroxyl groups is 3. The number of aromatic nitrogens is 5. The first kappa shape index (κ1) is 50.2. The molecule has 0 unspecified atom stereocenters. The molecule has 3 N–H and O–H groups in total. The minimum absolute atomic E-state index is 0.0207. The number of amides is 1. The zero-order chi connectivity index (χ0) is 52.0. The molecule has 0 bridgehead atoms. The van der Waals surface area contributed by atoms with E-state index in [1.165, 1.54) is 48.0 Å². The van der Waals surface area contributed by atoms with Crippen LogP contribution in [0.1, 0.15) is 60.9 Å². The molecule has 18 heteroatoms. The number of fused-ring (bicyclic) bond motifs is 2. The van der Waals surface area contributed by atoms with Crippen LogP contribution in [-0.2, 0) is 24.3 Å². The lowest BCUT2D eigenvalue weighted by Gasteiger charge is -2.48. The number of nitriles is 1. The lowest BCUT2D eigenvalue weighted by molar-refractivity contribution is -0.128. The zero-order valence-electron chi connectivity index (χ0n) is 42.8. The predicted molar refractivity (Wildman–Crippen MR) is 288 cm³/mol. The van der Waals surface area contributed by atoms with Crippen molar-refractivity contribution in [3.63, 3.8) is 0 Å². The summed E-state index contributed by atoms with van der Waals surface area (Å²) in [6.45, 7) is 14.9. The second kappa shape index (κ2) is 21.0. The molecule has 11 rings (SSSR count). The molecule has 17 nitrogen and oxygen atoms in total. The third kappa shape index (κ3) is 10.0. The van der Waals surface area contributed by atoms with Crippen LogP contribution in [0.4, 0.5) is 11.5 Å². The lowest BCUT2D eigenvalue weighted by atomic mass is 9.71. The average Bonchev–Trinajstić information content (AvgIpc) is 4.00. The van der Waals surface area contributed by atoms with Gasteiger partial charge < -0.3 is 34.8 Å². The number of carbonyl (C=O) groups excluding carboxylic acids is 1. The van der Waals surface area contributed by atoms with Crippen LogP contribution < -0.4 is 14.5 Å². The third-order valence-electron chi connectivity index (χ3n) is 16.9. The van der Waals surface area contributed by atoms with Crippen LogP contribution in [0.5, 0.6) is 23.5 Å². The molecule has 5 aliphatic heterocycles. The Balaban J connectivity index is 0.713. The monoisotopic (exact) mass is 1030 g/mol. The van der Waals surface area contributed by atoms with Crippen LogP contribution in [0, 0.1) is 23.7 Å². The number of aryl methyl sites for hydroxylation is 1. The van der Waals surface area contributed by atoms with Crippen molar-refractivity contribution < 1.29 is 24.9 Å². The van der Waals surface area contributed by atoms with Gasteiger partial charge in [0.25, 0.3) is 0 Å². The Bertz CT molecular complexity index is 3140. The second-order valence-corrected chi connectivity index (χ2v) is 21.7. The Hall–Kier alpha value is -6.97. The Morgan fingerprint density at radius 2 is 1.65 bits per heavy atom. The molecule has 1 amide bonds. The molecule has 1 spiro atoms. The van der Waals surface area contributed by atoms with Crippen molar-refractivity contribution in [3.05, 3.63) is 113 Å². The minimum Gasteiger partial charge on any atom is -0.508 e. The van der Waals surface area contributed by atoms with E-state index in [0.29, 0.717) is 72.1 Å². The number of halogens is 1. The van der Waals surface area contributed by atoms with Crippen molar-refractivity contribution >= 4 is 39.8 Å². The number of likely N-dealkylation sites (N-methyl/N-ethyl adjacent to an activating group) is 1. The minimum atomic E-state index is -0.290. The molecule has 4 fully saturated rings. The first-order valence-corrected chi connectivity index (χ1v) is 26.7. The van der Waals surface area contributed by atoms with Crippen molar-refractivity contribution in [2.24, 2.45) is 5.41 Å². The van der Waals surface area contributed by atoms with Gasteiger partial charge in [-0.15, -0.1) is 5.10 Å². The number of rotatable bonds is 12. The Morgan fingerprint density at radius 3 is 2.41 bits per heavy atom. The van der Waals surface area contributed by atoms with E-state index in [0.717, 1.165) is 92.2 Å². The number of carbonyl (C=O) groups is 1. The number of piperidine rings is 2. The van der Waals surface area contributed by atoms with Gasteiger partial charge >= 0.3 is 12.0 Å². The number of phenols is 2. The summed E-state index contributed by atoms with van der Waals surface area (Å²) in [5, 5.41) is 51.9. The summed E-state index contributed by atoms with van der Waals surface area (Å²) in [4.78, 5) is 37.2. The molecule has 3 atom stereocenters. The molecule has 75 heavy (non-hydrogen) atoms. The molecular weight excluding hydrogens is 968 g/mol. The van der Waals surface area contributed by atoms with E-state index in [2.05, 4.69) is 90.8 Å². The molecular formula is C57H65ClN12O5. The molecule has 390 valence electrons. The summed E-state index contributed by atoms with van der Waals surface area (Å²) >= 11 is 6.83. The van der Waals surface area contributed by atoms with Crippen molar-refractivity contribution in [1.82, 2.24) is 44.3 Å². The lowest BCUT2D eigenvalue weighted by Crippen LogP contribution is -2.55. The molecule has 4 saturated heterocycles. The van der Waals surface area contributed by atoms with E-state index in [1.54, 1.807) is 17.9 Å². The van der Waals surface area contributed by atoms with Gasteiger partial charge in [-0.25, -0.2) is 4.57 Å². The highest BCUT2D eigenvalue weighted by Gasteiger charge is 2.42. The van der Waals surface area contributed by atoms with Crippen molar-refractivity contribution in [3.8, 4) is 46.7 Å². The maximum absolute atomic E-state index is 12.8. The highest BCUT2D eigenvalue weighted by Crippen LogP contribution is 2.44. The molecule has 5 aliphatic rings. The molecule has 4 aromatic carbocycles. The van der Waals surface area contributed by atoms with Crippen LogP contribution in [0.2, 0.25) is 5.02 Å². The largest absolute Gasteiger partial charge is 0.508 e. The number of hydrogen-bond acceptors (Lipinski definition) is 15. The van der Waals surface area contributed by atoms with Gasteiger partial charge in [0, 0.05) is 74.1 Å². The number of piperazine rings is 1. The van der Waals surface area contributed by atoms with Gasteiger partial charge in [-0.1, -0.05) is 59.7 Å². The van der Waals surface area contributed by atoms with E-state index in [9.17, 15) is 25.4 Å². The topological polar surface area (TPSA) is 187 Å². The van der Waals surface area contributed by atoms with Crippen LogP contribution in [0.3, 0.4) is 0 Å². The maximum atomic E-state index is 12.8. The van der Waals surface area contributed by atoms with Crippen molar-refractivity contribution in [2.45, 2.75) is 83.1 Å². The fourth-order valence-electron chi connectivity index (χ4n) is 12.5. The van der Waals surface area contributed by atoms with E-state index < -0.39 is 0 Å². The van der Waals surface area contributed by atoms with Crippen molar-refractivity contribution in [2.75, 3.05) is 82.4 Å². The summed E-state index contributed by atoms with van der Waals surface area (Å²) in [6, 6.07) is 26.0. The molecule has 6 aromatic rings. The van der Waals surface area contributed by atoms with Gasteiger partial charge in [-0.3, -0.25) is 19.5 Å². The Labute approximate surface area is 442 Å². The zero-order valence-corrected chi connectivity index (χ0v) is 43.5. The van der Waals surface area contributed by atoms with Gasteiger partial charge in [0.15, 0.2) is 5.82 Å². The number of likely N-dealkylation sites (tertiary alicyclic amines) is 3. The molecule has 2 aromatic heterocycles. The van der Waals surface area contributed by atoms with Gasteiger partial charge in [-0.05, 0) is 137 Å². The Morgan fingerprint density at radius 1 is 0.893 bits per heavy atom. The first-order chi connectivity index (χ1) is 36.4. The van der Waals surface area contributed by atoms with Crippen LogP contribution >= 0.6 is 11.6 Å². The van der Waals surface area contributed by atoms with Crippen molar-refractivity contribution in [1.29, 1.82) is 5.26 Å². The summed E-state index contributed by atoms with van der Waals surface area (Å²) in [6.07, 6.45) is 8.06. The quantitative estimate of drug-likeness (QED) is 0.103. The predicted octanol–water partition coefficient (Wildman–Crippen LogP) is 7.47. The van der Waals surface area contributed by atoms with Gasteiger partial charge in [-0.2, -0.15) is 15.2 Å². The standard InChI is InChI=1S/C57H65ClN12O5/c1-4-51(73)69-28-27-68(34-41(69)15-21-59)53-44-16-22-67(48-10-6-8-39-7-5-9-46(58)52(39)48)35-47(44)60-55(61-53)75-36-43-30-42(33-64(43)3)66-25-19-57(20-26-66)17-23-65(24-18-57)32-38-11-13-40(14-12-38)70-54(62-63-56(70)74)45-29-37(2)49(71)31-50(45)72/h4-14,29,31,41-43,71-72H,1,15-20,22-28,30,32-36H2,2-3H3,(H,63,74)/t41-,42-,43-/m0/s1. The highest BCUT2D eigenvalue weighted by molar-refractivity contribution is 6.36. The number of nitrogens with zero attached hydrogens (tertiary/aromatic N) is 12. The van der Waals surface area contributed by atoms with E-state index >= 15 is 0 Å². The van der Waals surface area contributed by atoms with Gasteiger partial charge in [0.05, 0.1) is 47.0 Å². The molecule has 7 heterocycles. The average molecular weight is 1030 g/mol. The maximum Gasteiger partial charge on any atom is 0.319 e. The number of phenolic OH excluding ortho intramolecular Hbond substituents is 2. The first-order valence-electron chi connectivity index (χ1n) is 26.3. The van der Waals surface area contributed by atoms with Crippen LogP contribution in [-0.4, -0.2) is 156 Å². The molecule has 0 radical (unpaired) electrons. The smallest absolute Gasteiger partial charge is 0.319 e. The second-order valence-electron chi connectivity index (χ2n) is 21.3. The van der Waals surface area contributed by atoms with Crippen LogP contribution in [0.15, 0.2) is 85.5 Å². The highest BCUT2D eigenvalue weighted by atomic mass is 35.5. The van der Waals surface area contributed by atoms with E-state index in [-0.39, 0.29) is 47.7 Å². The summed E-state index contributed by atoms with van der Waals surface area (Å²) in [5.74, 6) is 0.776. The normalized spacial score (nSPS) is 21.4. The summed E-state index contributed by atoms with van der Waals surface area (Å²) in [5.41, 5.74) is 6.22. The summed E-state index contributed by atoms with van der Waals surface area (Å²) < 4.78 is 8.16. The molecule has 0 saturated carbocycles. The molecule has 0 aliphatic carbocycles. The van der Waals surface area contributed by atoms with E-state index in [4.69, 9.17) is 26.3 Å². The Kier molecular flexibility index (Phi) is 14.0. The summed E-state index contributed by atoms with van der Waals surface area (Å²) in [7, 11) is 2.20.